The van der Waals surface area contributed by atoms with Crippen molar-refractivity contribution in [2.45, 2.75) is 51.9 Å². The molecule has 0 radical (unpaired) electrons. The van der Waals surface area contributed by atoms with Gasteiger partial charge in [0.15, 0.2) is 0 Å². The Hall–Kier alpha value is -4.33. The first kappa shape index (κ1) is 27.3. The molecule has 8 nitrogen and oxygen atoms in total. The minimum Gasteiger partial charge on any atom is -0.459 e. The Bertz CT molecular complexity index is 1160. The summed E-state index contributed by atoms with van der Waals surface area (Å²) in [5.74, 6) is 0.377. The van der Waals surface area contributed by atoms with E-state index in [2.05, 4.69) is 10.6 Å². The Morgan fingerprint density at radius 1 is 0.811 bits per heavy atom. The van der Waals surface area contributed by atoms with Crippen molar-refractivity contribution >= 4 is 23.7 Å². The molecule has 1 unspecified atom stereocenters. The van der Waals surface area contributed by atoms with Gasteiger partial charge in [-0.05, 0) is 69.2 Å². The van der Waals surface area contributed by atoms with Gasteiger partial charge in [-0.1, -0.05) is 48.5 Å². The van der Waals surface area contributed by atoms with Crippen molar-refractivity contribution in [1.82, 2.24) is 5.32 Å². The maximum atomic E-state index is 12.7. The lowest BCUT2D eigenvalue weighted by atomic mass is 10.1. The molecule has 2 N–H and O–H groups in total. The van der Waals surface area contributed by atoms with Crippen LogP contribution in [-0.4, -0.2) is 29.6 Å². The second kappa shape index (κ2) is 13.1. The van der Waals surface area contributed by atoms with Crippen molar-refractivity contribution in [3.05, 3.63) is 90.5 Å². The number of ether oxygens (including phenoxy) is 3. The molecule has 0 aliphatic carbocycles. The fraction of sp³-hybridized carbons (Fsp3) is 0.276. The van der Waals surface area contributed by atoms with Crippen LogP contribution in [0.25, 0.3) is 0 Å². The number of hydrogen-bond donors (Lipinski definition) is 2. The fourth-order valence-corrected chi connectivity index (χ4v) is 3.26. The van der Waals surface area contributed by atoms with Crippen LogP contribution in [0.3, 0.4) is 0 Å². The number of alkyl carbamates (subject to hydrolysis) is 1. The van der Waals surface area contributed by atoms with E-state index < -0.39 is 23.7 Å². The summed E-state index contributed by atoms with van der Waals surface area (Å²) in [5, 5.41) is 5.31. The van der Waals surface area contributed by atoms with Gasteiger partial charge in [0.05, 0.1) is 0 Å². The van der Waals surface area contributed by atoms with E-state index in [1.165, 1.54) is 0 Å². The lowest BCUT2D eigenvalue weighted by Gasteiger charge is -2.23. The third-order valence-corrected chi connectivity index (χ3v) is 4.98. The van der Waals surface area contributed by atoms with E-state index in [0.717, 1.165) is 5.56 Å². The highest BCUT2D eigenvalue weighted by atomic mass is 16.6. The molecule has 194 valence electrons. The second-order valence-corrected chi connectivity index (χ2v) is 9.32. The number of benzene rings is 3. The number of amides is 2. The van der Waals surface area contributed by atoms with Crippen LogP contribution in [0.15, 0.2) is 84.9 Å². The topological polar surface area (TPSA) is 103 Å². The molecule has 0 saturated carbocycles. The van der Waals surface area contributed by atoms with Crippen LogP contribution in [0.1, 0.15) is 39.2 Å². The number of para-hydroxylation sites is 1. The minimum absolute atomic E-state index is 0.0246. The van der Waals surface area contributed by atoms with Crippen molar-refractivity contribution in [1.29, 1.82) is 0 Å². The molecule has 0 aromatic heterocycles. The molecule has 0 saturated heterocycles. The average Bonchev–Trinajstić information content (AvgIpc) is 2.86. The Labute approximate surface area is 216 Å². The lowest BCUT2D eigenvalue weighted by Crippen LogP contribution is -2.44. The van der Waals surface area contributed by atoms with Crippen molar-refractivity contribution < 1.29 is 28.6 Å². The van der Waals surface area contributed by atoms with E-state index in [0.29, 0.717) is 17.2 Å². The zero-order valence-electron chi connectivity index (χ0n) is 21.2. The highest BCUT2D eigenvalue weighted by Gasteiger charge is 2.26. The number of nitrogens with one attached hydrogen (secondary N) is 2. The van der Waals surface area contributed by atoms with Gasteiger partial charge in [-0.15, -0.1) is 0 Å². The Balaban J connectivity index is 1.55. The summed E-state index contributed by atoms with van der Waals surface area (Å²) in [4.78, 5) is 37.6. The first-order valence-corrected chi connectivity index (χ1v) is 12.0. The third kappa shape index (κ3) is 10.0. The summed E-state index contributed by atoms with van der Waals surface area (Å²) in [7, 11) is 0. The summed E-state index contributed by atoms with van der Waals surface area (Å²) in [6, 6.07) is 24.4. The maximum Gasteiger partial charge on any atom is 0.408 e. The molecule has 3 aromatic rings. The molecule has 0 aliphatic rings. The summed E-state index contributed by atoms with van der Waals surface area (Å²) in [6.07, 6.45) is -0.750. The lowest BCUT2D eigenvalue weighted by molar-refractivity contribution is -0.147. The van der Waals surface area contributed by atoms with Crippen LogP contribution in [0.5, 0.6) is 11.5 Å². The second-order valence-electron chi connectivity index (χ2n) is 9.32. The van der Waals surface area contributed by atoms with E-state index in [-0.39, 0.29) is 25.4 Å². The van der Waals surface area contributed by atoms with Crippen molar-refractivity contribution in [2.24, 2.45) is 0 Å². The van der Waals surface area contributed by atoms with Gasteiger partial charge in [-0.3, -0.25) is 4.79 Å². The highest BCUT2D eigenvalue weighted by Crippen LogP contribution is 2.22. The van der Waals surface area contributed by atoms with Gasteiger partial charge in [0.25, 0.3) is 0 Å². The largest absolute Gasteiger partial charge is 0.459 e. The number of esters is 1. The first-order chi connectivity index (χ1) is 17.7. The number of anilines is 1. The van der Waals surface area contributed by atoms with Crippen LogP contribution >= 0.6 is 0 Å². The molecular formula is C29H32N2O6. The molecule has 8 heteroatoms. The quantitative estimate of drug-likeness (QED) is 0.337. The van der Waals surface area contributed by atoms with E-state index in [1.54, 1.807) is 45.0 Å². The Morgan fingerprint density at radius 2 is 1.41 bits per heavy atom. The SMILES string of the molecule is CC(C)(C)OC(=O)NC(CCC(=O)Nc1ccc(Oc2ccccc2)cc1)C(=O)OCc1ccccc1. The summed E-state index contributed by atoms with van der Waals surface area (Å²) in [5.41, 5.74) is 0.647. The van der Waals surface area contributed by atoms with Crippen LogP contribution in [-0.2, 0) is 25.7 Å². The number of carbonyl (C=O) groups excluding carboxylic acids is 3. The number of rotatable bonds is 10. The van der Waals surface area contributed by atoms with Gasteiger partial charge >= 0.3 is 12.1 Å². The van der Waals surface area contributed by atoms with E-state index >= 15 is 0 Å². The molecule has 2 amide bonds. The molecule has 0 fully saturated rings. The van der Waals surface area contributed by atoms with Gasteiger partial charge in [0, 0.05) is 12.1 Å². The normalized spacial score (nSPS) is 11.6. The van der Waals surface area contributed by atoms with Gasteiger partial charge in [-0.2, -0.15) is 0 Å². The molecule has 3 aromatic carbocycles. The highest BCUT2D eigenvalue weighted by molar-refractivity contribution is 5.91. The smallest absolute Gasteiger partial charge is 0.408 e. The molecular weight excluding hydrogens is 472 g/mol. The van der Waals surface area contributed by atoms with E-state index in [4.69, 9.17) is 14.2 Å². The van der Waals surface area contributed by atoms with Gasteiger partial charge in [-0.25, -0.2) is 9.59 Å². The average molecular weight is 505 g/mol. The first-order valence-electron chi connectivity index (χ1n) is 12.0. The standard InChI is InChI=1S/C29H32N2O6/c1-29(2,3)37-28(34)31-25(27(33)35-20-21-10-6-4-7-11-21)18-19-26(32)30-22-14-16-24(17-15-22)36-23-12-8-5-9-13-23/h4-17,25H,18-20H2,1-3H3,(H,30,32)(H,31,34). The predicted octanol–water partition coefficient (Wildman–Crippen LogP) is 5.83. The summed E-state index contributed by atoms with van der Waals surface area (Å²) >= 11 is 0. The molecule has 0 aliphatic heterocycles. The van der Waals surface area contributed by atoms with Crippen LogP contribution in [0.4, 0.5) is 10.5 Å². The maximum absolute atomic E-state index is 12.7. The summed E-state index contributed by atoms with van der Waals surface area (Å²) in [6.45, 7) is 5.21. The van der Waals surface area contributed by atoms with E-state index in [9.17, 15) is 14.4 Å². The molecule has 3 rings (SSSR count). The fourth-order valence-electron chi connectivity index (χ4n) is 3.26. The number of hydrogen-bond acceptors (Lipinski definition) is 6. The van der Waals surface area contributed by atoms with Crippen LogP contribution in [0.2, 0.25) is 0 Å². The van der Waals surface area contributed by atoms with Gasteiger partial charge < -0.3 is 24.8 Å². The number of carbonyl (C=O) groups is 3. The van der Waals surface area contributed by atoms with Gasteiger partial charge in [0.1, 0.15) is 29.7 Å². The summed E-state index contributed by atoms with van der Waals surface area (Å²) < 4.78 is 16.4. The van der Waals surface area contributed by atoms with Crippen molar-refractivity contribution in [2.75, 3.05) is 5.32 Å². The molecule has 37 heavy (non-hydrogen) atoms. The molecule has 1 atom stereocenters. The van der Waals surface area contributed by atoms with Crippen LogP contribution < -0.4 is 15.4 Å². The van der Waals surface area contributed by atoms with Crippen molar-refractivity contribution in [3.63, 3.8) is 0 Å². The Kier molecular flexibility index (Phi) is 9.66. The van der Waals surface area contributed by atoms with Crippen LogP contribution in [0, 0.1) is 0 Å². The zero-order chi connectivity index (χ0) is 26.7. The molecule has 0 bridgehead atoms. The van der Waals surface area contributed by atoms with Gasteiger partial charge in [0.2, 0.25) is 5.91 Å². The molecule has 0 heterocycles. The Morgan fingerprint density at radius 3 is 2.03 bits per heavy atom. The van der Waals surface area contributed by atoms with E-state index in [1.807, 2.05) is 60.7 Å². The monoisotopic (exact) mass is 504 g/mol. The molecule has 0 spiro atoms. The zero-order valence-corrected chi connectivity index (χ0v) is 21.2. The minimum atomic E-state index is -1.05. The van der Waals surface area contributed by atoms with Crippen molar-refractivity contribution in [3.8, 4) is 11.5 Å². The predicted molar refractivity (Wildman–Crippen MR) is 140 cm³/mol. The third-order valence-electron chi connectivity index (χ3n) is 4.98.